The number of hydrogen-bond donors (Lipinski definition) is 1. The average molecular weight is 446 g/mol. The number of nitrogens with zero attached hydrogens (tertiary/aromatic N) is 1. The van der Waals surface area contributed by atoms with Crippen molar-refractivity contribution in [2.24, 2.45) is 0 Å². The summed E-state index contributed by atoms with van der Waals surface area (Å²) in [5.74, 6) is 0.819. The molecule has 4 rings (SSSR count). The standard InChI is InChI=1S/C26H23FN2O4/c1-17-7-10-19(11-8-17)24-14-22(29-33-24)26(30)28-15-18-9-12-23(25(13-18)31-2)32-16-20-5-3-4-6-21(20)27/h3-14H,15-16H2,1-2H3,(H,28,30). The van der Waals surface area contributed by atoms with E-state index in [2.05, 4.69) is 10.5 Å². The van der Waals surface area contributed by atoms with Crippen LogP contribution in [0.25, 0.3) is 11.3 Å². The lowest BCUT2D eigenvalue weighted by atomic mass is 10.1. The maximum absolute atomic E-state index is 13.8. The van der Waals surface area contributed by atoms with E-state index in [9.17, 15) is 9.18 Å². The first-order chi connectivity index (χ1) is 16.0. The number of amides is 1. The summed E-state index contributed by atoms with van der Waals surface area (Å²) in [7, 11) is 1.52. The Kier molecular flexibility index (Phi) is 6.69. The van der Waals surface area contributed by atoms with Gasteiger partial charge in [0, 0.05) is 23.7 Å². The molecule has 7 heteroatoms. The first-order valence-corrected chi connectivity index (χ1v) is 10.4. The number of nitrogens with one attached hydrogen (secondary N) is 1. The highest BCUT2D eigenvalue weighted by Crippen LogP contribution is 2.29. The molecule has 6 nitrogen and oxygen atoms in total. The minimum absolute atomic E-state index is 0.0780. The zero-order valence-electron chi connectivity index (χ0n) is 18.3. The Morgan fingerprint density at radius 1 is 1.03 bits per heavy atom. The van der Waals surface area contributed by atoms with E-state index in [0.717, 1.165) is 16.7 Å². The minimum Gasteiger partial charge on any atom is -0.493 e. The molecular weight excluding hydrogens is 423 g/mol. The molecule has 1 heterocycles. The molecule has 0 aliphatic heterocycles. The smallest absolute Gasteiger partial charge is 0.273 e. The van der Waals surface area contributed by atoms with Gasteiger partial charge in [0.1, 0.15) is 12.4 Å². The zero-order chi connectivity index (χ0) is 23.2. The number of aryl methyl sites for hydroxylation is 1. The molecule has 0 saturated heterocycles. The van der Waals surface area contributed by atoms with Crippen LogP contribution in [0.3, 0.4) is 0 Å². The van der Waals surface area contributed by atoms with E-state index in [-0.39, 0.29) is 30.6 Å². The fourth-order valence-electron chi connectivity index (χ4n) is 3.22. The summed E-state index contributed by atoms with van der Waals surface area (Å²) in [5, 5.41) is 6.69. The average Bonchev–Trinajstić information content (AvgIpc) is 3.33. The maximum atomic E-state index is 13.8. The van der Waals surface area contributed by atoms with Gasteiger partial charge in [-0.1, -0.05) is 59.3 Å². The Hall–Kier alpha value is -4.13. The second-order valence-electron chi connectivity index (χ2n) is 7.49. The SMILES string of the molecule is COc1cc(CNC(=O)c2cc(-c3ccc(C)cc3)on2)ccc1OCc1ccccc1F. The van der Waals surface area contributed by atoms with Crippen molar-refractivity contribution in [2.45, 2.75) is 20.1 Å². The van der Waals surface area contributed by atoms with Gasteiger partial charge < -0.3 is 19.3 Å². The van der Waals surface area contributed by atoms with Crippen molar-refractivity contribution in [2.75, 3.05) is 7.11 Å². The summed E-state index contributed by atoms with van der Waals surface area (Å²) in [6.07, 6.45) is 0. The first-order valence-electron chi connectivity index (χ1n) is 10.4. The van der Waals surface area contributed by atoms with Crippen LogP contribution in [0.5, 0.6) is 11.5 Å². The molecule has 168 valence electrons. The number of ether oxygens (including phenoxy) is 2. The molecule has 3 aromatic carbocycles. The summed E-state index contributed by atoms with van der Waals surface area (Å²) < 4.78 is 30.2. The fraction of sp³-hybridized carbons (Fsp3) is 0.154. The van der Waals surface area contributed by atoms with E-state index in [1.165, 1.54) is 13.2 Å². The van der Waals surface area contributed by atoms with Gasteiger partial charge in [-0.05, 0) is 30.7 Å². The molecule has 1 amide bonds. The molecule has 4 aromatic rings. The van der Waals surface area contributed by atoms with Crippen molar-refractivity contribution in [3.63, 3.8) is 0 Å². The summed E-state index contributed by atoms with van der Waals surface area (Å²) in [6, 6.07) is 21.1. The predicted molar refractivity (Wildman–Crippen MR) is 122 cm³/mol. The van der Waals surface area contributed by atoms with Gasteiger partial charge in [0.15, 0.2) is 23.0 Å². The first kappa shape index (κ1) is 22.1. The molecule has 0 radical (unpaired) electrons. The minimum atomic E-state index is -0.351. The van der Waals surface area contributed by atoms with Crippen molar-refractivity contribution in [3.8, 4) is 22.8 Å². The van der Waals surface area contributed by atoms with E-state index in [1.807, 2.05) is 31.2 Å². The van der Waals surface area contributed by atoms with Crippen LogP contribution in [0, 0.1) is 12.7 Å². The van der Waals surface area contributed by atoms with Crippen molar-refractivity contribution < 1.29 is 23.2 Å². The molecule has 1 N–H and O–H groups in total. The van der Waals surface area contributed by atoms with Crippen LogP contribution >= 0.6 is 0 Å². The van der Waals surface area contributed by atoms with Crippen LogP contribution in [0.15, 0.2) is 77.3 Å². The Morgan fingerprint density at radius 3 is 2.58 bits per heavy atom. The number of carbonyl (C=O) groups excluding carboxylic acids is 1. The summed E-state index contributed by atoms with van der Waals surface area (Å²) >= 11 is 0. The van der Waals surface area contributed by atoms with Gasteiger partial charge in [-0.25, -0.2) is 4.39 Å². The van der Waals surface area contributed by atoms with Gasteiger partial charge >= 0.3 is 0 Å². The molecular formula is C26H23FN2O4. The van der Waals surface area contributed by atoms with Crippen LogP contribution in [0.2, 0.25) is 0 Å². The van der Waals surface area contributed by atoms with Crippen LogP contribution < -0.4 is 14.8 Å². The normalized spacial score (nSPS) is 10.6. The van der Waals surface area contributed by atoms with Crippen LogP contribution in [-0.4, -0.2) is 18.2 Å². The van der Waals surface area contributed by atoms with Gasteiger partial charge in [0.25, 0.3) is 5.91 Å². The lowest BCUT2D eigenvalue weighted by Crippen LogP contribution is -2.23. The molecule has 0 aliphatic rings. The molecule has 0 aliphatic carbocycles. The van der Waals surface area contributed by atoms with Gasteiger partial charge in [0.05, 0.1) is 7.11 Å². The number of carbonyl (C=O) groups is 1. The molecule has 0 bridgehead atoms. The van der Waals surface area contributed by atoms with E-state index >= 15 is 0 Å². The van der Waals surface area contributed by atoms with E-state index in [1.54, 1.807) is 42.5 Å². The van der Waals surface area contributed by atoms with E-state index in [4.69, 9.17) is 14.0 Å². The van der Waals surface area contributed by atoms with Crippen LogP contribution in [0.4, 0.5) is 4.39 Å². The summed E-state index contributed by atoms with van der Waals surface area (Å²) in [4.78, 5) is 12.5. The third-order valence-electron chi connectivity index (χ3n) is 5.10. The second kappa shape index (κ2) is 9.99. The topological polar surface area (TPSA) is 73.6 Å². The van der Waals surface area contributed by atoms with Crippen molar-refractivity contribution in [1.82, 2.24) is 10.5 Å². The lowest BCUT2D eigenvalue weighted by molar-refractivity contribution is 0.0942. The Balaban J connectivity index is 1.37. The van der Waals surface area contributed by atoms with Crippen molar-refractivity contribution >= 4 is 5.91 Å². The van der Waals surface area contributed by atoms with E-state index in [0.29, 0.717) is 22.8 Å². The third kappa shape index (κ3) is 5.38. The number of rotatable bonds is 8. The second-order valence-corrected chi connectivity index (χ2v) is 7.49. The quantitative estimate of drug-likeness (QED) is 0.397. The van der Waals surface area contributed by atoms with Gasteiger partial charge in [-0.2, -0.15) is 0 Å². The molecule has 33 heavy (non-hydrogen) atoms. The molecule has 1 aromatic heterocycles. The molecule has 0 spiro atoms. The van der Waals surface area contributed by atoms with E-state index < -0.39 is 0 Å². The summed E-state index contributed by atoms with van der Waals surface area (Å²) in [5.41, 5.74) is 3.44. The summed E-state index contributed by atoms with van der Waals surface area (Å²) in [6.45, 7) is 2.34. The highest BCUT2D eigenvalue weighted by atomic mass is 19.1. The number of aromatic nitrogens is 1. The Labute approximate surface area is 190 Å². The molecule has 0 fully saturated rings. The Bertz CT molecular complexity index is 1250. The third-order valence-corrected chi connectivity index (χ3v) is 5.10. The Morgan fingerprint density at radius 2 is 1.82 bits per heavy atom. The number of benzene rings is 3. The monoisotopic (exact) mass is 446 g/mol. The van der Waals surface area contributed by atoms with Crippen LogP contribution in [-0.2, 0) is 13.2 Å². The predicted octanol–water partition coefficient (Wildman–Crippen LogP) is 5.31. The van der Waals surface area contributed by atoms with Crippen molar-refractivity contribution in [3.05, 3.63) is 101 Å². The van der Waals surface area contributed by atoms with Gasteiger partial charge in [-0.15, -0.1) is 0 Å². The lowest BCUT2D eigenvalue weighted by Gasteiger charge is -2.13. The van der Waals surface area contributed by atoms with Crippen LogP contribution in [0.1, 0.15) is 27.2 Å². The number of hydrogen-bond acceptors (Lipinski definition) is 5. The number of methoxy groups -OCH3 is 1. The zero-order valence-corrected chi connectivity index (χ0v) is 18.3. The molecule has 0 atom stereocenters. The highest BCUT2D eigenvalue weighted by Gasteiger charge is 2.14. The maximum Gasteiger partial charge on any atom is 0.273 e. The van der Waals surface area contributed by atoms with Gasteiger partial charge in [0.2, 0.25) is 0 Å². The van der Waals surface area contributed by atoms with Crippen molar-refractivity contribution in [1.29, 1.82) is 0 Å². The highest BCUT2D eigenvalue weighted by molar-refractivity contribution is 5.93. The van der Waals surface area contributed by atoms with Gasteiger partial charge in [-0.3, -0.25) is 4.79 Å². The molecule has 0 unspecified atom stereocenters. The fourth-order valence-corrected chi connectivity index (χ4v) is 3.22. The number of halogens is 1. The molecule has 0 saturated carbocycles. The largest absolute Gasteiger partial charge is 0.493 e.